The molecule has 0 spiro atoms. The molecule has 0 saturated carbocycles. The van der Waals surface area contributed by atoms with Crippen LogP contribution in [0, 0.1) is 0 Å². The van der Waals surface area contributed by atoms with Crippen LogP contribution in [-0.4, -0.2) is 19.5 Å². The van der Waals surface area contributed by atoms with E-state index in [9.17, 15) is 0 Å². The molecule has 5 nitrogen and oxygen atoms in total. The van der Waals surface area contributed by atoms with Crippen molar-refractivity contribution in [3.05, 3.63) is 206 Å². The molecule has 0 atom stereocenters. The van der Waals surface area contributed by atoms with Gasteiger partial charge in [0.15, 0.2) is 17.5 Å². The van der Waals surface area contributed by atoms with E-state index in [1.165, 1.54) is 53.1 Å². The molecule has 13 aromatic rings. The first-order chi connectivity index (χ1) is 31.2. The van der Waals surface area contributed by atoms with E-state index in [0.29, 0.717) is 17.5 Å². The predicted molar refractivity (Wildman–Crippen MR) is 262 cm³/mol. The first-order valence-corrected chi connectivity index (χ1v) is 21.9. The molecule has 0 N–H and O–H groups in total. The van der Waals surface area contributed by atoms with Gasteiger partial charge in [0, 0.05) is 64.1 Å². The van der Waals surface area contributed by atoms with Crippen LogP contribution < -0.4 is 0 Å². The number of furan rings is 1. The third kappa shape index (κ3) is 5.87. The Balaban J connectivity index is 0.944. The Morgan fingerprint density at radius 3 is 1.63 bits per heavy atom. The molecule has 9 aromatic carbocycles. The van der Waals surface area contributed by atoms with Crippen LogP contribution in [0.15, 0.2) is 211 Å². The number of thiophene rings is 1. The maximum atomic E-state index is 6.59. The average Bonchev–Trinajstić information content (AvgIpc) is 4.03. The first kappa shape index (κ1) is 35.6. The molecule has 13 rings (SSSR count). The number of para-hydroxylation sites is 2. The van der Waals surface area contributed by atoms with Crippen LogP contribution in [0.2, 0.25) is 0 Å². The highest BCUT2D eigenvalue weighted by Crippen LogP contribution is 2.42. The largest absolute Gasteiger partial charge is 0.456 e. The smallest absolute Gasteiger partial charge is 0.164 e. The summed E-state index contributed by atoms with van der Waals surface area (Å²) in [6, 6.07) is 72.7. The van der Waals surface area contributed by atoms with Crippen molar-refractivity contribution in [1.29, 1.82) is 0 Å². The van der Waals surface area contributed by atoms with Crippen molar-refractivity contribution in [2.45, 2.75) is 0 Å². The van der Waals surface area contributed by atoms with E-state index in [4.69, 9.17) is 19.4 Å². The second kappa shape index (κ2) is 14.2. The summed E-state index contributed by atoms with van der Waals surface area (Å²) in [5.41, 5.74) is 12.5. The molecule has 0 radical (unpaired) electrons. The van der Waals surface area contributed by atoms with E-state index in [1.54, 1.807) is 11.3 Å². The molecule has 0 amide bonds. The van der Waals surface area contributed by atoms with Crippen LogP contribution in [0.25, 0.3) is 126 Å². The van der Waals surface area contributed by atoms with Gasteiger partial charge in [0.1, 0.15) is 11.2 Å². The molecule has 294 valence electrons. The molecule has 0 aliphatic heterocycles. The fourth-order valence-electron chi connectivity index (χ4n) is 9.27. The molecule has 6 heteroatoms. The third-order valence-corrected chi connectivity index (χ3v) is 13.4. The highest BCUT2D eigenvalue weighted by molar-refractivity contribution is 7.26. The molecule has 4 heterocycles. The van der Waals surface area contributed by atoms with Gasteiger partial charge in [-0.2, -0.15) is 0 Å². The van der Waals surface area contributed by atoms with Crippen LogP contribution in [0.1, 0.15) is 0 Å². The summed E-state index contributed by atoms with van der Waals surface area (Å²) < 4.78 is 11.4. The molecule has 4 aromatic heterocycles. The van der Waals surface area contributed by atoms with Crippen molar-refractivity contribution in [3.63, 3.8) is 0 Å². The number of aromatic nitrogens is 4. The van der Waals surface area contributed by atoms with Gasteiger partial charge >= 0.3 is 0 Å². The maximum Gasteiger partial charge on any atom is 0.164 e. The number of nitrogens with zero attached hydrogens (tertiary/aromatic N) is 4. The summed E-state index contributed by atoms with van der Waals surface area (Å²) in [7, 11) is 0. The standard InChI is InChI=1S/C57H34N4OS/c1-3-12-35(13-4-1)36-22-24-38(25-23-36)55-58-56(60-57(59-55)40-27-30-46-53(33-40)63-52-21-11-18-42(54(46)52)37-14-5-2-6-15-37)39-26-29-45-47-34-41(28-31-50(47)62-51(45)32-39)61-48-19-9-7-16-43(48)44-17-8-10-20-49(44)61/h1-34H. The summed E-state index contributed by atoms with van der Waals surface area (Å²) >= 11 is 1.80. The van der Waals surface area contributed by atoms with Gasteiger partial charge < -0.3 is 8.98 Å². The summed E-state index contributed by atoms with van der Waals surface area (Å²) in [6.07, 6.45) is 0. The van der Waals surface area contributed by atoms with Gasteiger partial charge in [-0.3, -0.25) is 0 Å². The number of rotatable bonds is 6. The number of fused-ring (bicyclic) bond motifs is 9. The first-order valence-electron chi connectivity index (χ1n) is 21.1. The molecule has 63 heavy (non-hydrogen) atoms. The Labute approximate surface area is 365 Å². The van der Waals surface area contributed by atoms with Crippen LogP contribution in [0.3, 0.4) is 0 Å². The lowest BCUT2D eigenvalue weighted by Gasteiger charge is -2.10. The Hall–Kier alpha value is -8.19. The Bertz CT molecular complexity index is 3850. The van der Waals surface area contributed by atoms with E-state index < -0.39 is 0 Å². The topological polar surface area (TPSA) is 56.7 Å². The minimum atomic E-state index is 0.582. The van der Waals surface area contributed by atoms with Crippen molar-refractivity contribution in [3.8, 4) is 62.1 Å². The summed E-state index contributed by atoms with van der Waals surface area (Å²) in [6.45, 7) is 0. The second-order valence-corrected chi connectivity index (χ2v) is 17.1. The van der Waals surface area contributed by atoms with Gasteiger partial charge in [0.05, 0.1) is 11.0 Å². The molecule has 0 aliphatic rings. The summed E-state index contributed by atoms with van der Waals surface area (Å²) in [5, 5.41) is 7.05. The summed E-state index contributed by atoms with van der Waals surface area (Å²) in [4.78, 5) is 15.5. The monoisotopic (exact) mass is 822 g/mol. The quantitative estimate of drug-likeness (QED) is 0.168. The SMILES string of the molecule is c1ccc(-c2ccc(-c3nc(-c4ccc5c(c4)oc4ccc(-n6c7ccccc7c7ccccc76)cc45)nc(-c4ccc5c(c4)sc4cccc(-c6ccccc6)c45)n3)cc2)cc1. The van der Waals surface area contributed by atoms with Gasteiger partial charge in [-0.1, -0.05) is 152 Å². The zero-order valence-electron chi connectivity index (χ0n) is 33.7. The van der Waals surface area contributed by atoms with Crippen LogP contribution in [-0.2, 0) is 0 Å². The lowest BCUT2D eigenvalue weighted by molar-refractivity contribution is 0.669. The molecule has 0 aliphatic carbocycles. The Morgan fingerprint density at radius 1 is 0.349 bits per heavy atom. The average molecular weight is 823 g/mol. The van der Waals surface area contributed by atoms with Gasteiger partial charge in [-0.05, 0) is 76.9 Å². The van der Waals surface area contributed by atoms with Crippen molar-refractivity contribution >= 4 is 75.3 Å². The zero-order chi connectivity index (χ0) is 41.4. The van der Waals surface area contributed by atoms with E-state index in [1.807, 2.05) is 6.07 Å². The lowest BCUT2D eigenvalue weighted by atomic mass is 9.99. The third-order valence-electron chi connectivity index (χ3n) is 12.3. The number of hydrogen-bond donors (Lipinski definition) is 0. The van der Waals surface area contributed by atoms with E-state index in [-0.39, 0.29) is 0 Å². The highest BCUT2D eigenvalue weighted by atomic mass is 32.1. The molecular weight excluding hydrogens is 789 g/mol. The molecular formula is C57H34N4OS. The van der Waals surface area contributed by atoms with Crippen LogP contribution in [0.5, 0.6) is 0 Å². The highest BCUT2D eigenvalue weighted by Gasteiger charge is 2.19. The van der Waals surface area contributed by atoms with Crippen molar-refractivity contribution in [1.82, 2.24) is 19.5 Å². The fourth-order valence-corrected chi connectivity index (χ4v) is 10.4. The minimum absolute atomic E-state index is 0.582. The van der Waals surface area contributed by atoms with Gasteiger partial charge in [0.25, 0.3) is 0 Å². The predicted octanol–water partition coefficient (Wildman–Crippen LogP) is 15.6. The van der Waals surface area contributed by atoms with Crippen molar-refractivity contribution < 1.29 is 4.42 Å². The van der Waals surface area contributed by atoms with E-state index in [0.717, 1.165) is 55.4 Å². The van der Waals surface area contributed by atoms with Crippen LogP contribution in [0.4, 0.5) is 0 Å². The van der Waals surface area contributed by atoms with Crippen LogP contribution >= 0.6 is 11.3 Å². The van der Waals surface area contributed by atoms with Gasteiger partial charge in [0.2, 0.25) is 0 Å². The minimum Gasteiger partial charge on any atom is -0.456 e. The second-order valence-electron chi connectivity index (χ2n) is 16.0. The zero-order valence-corrected chi connectivity index (χ0v) is 34.6. The molecule has 0 saturated heterocycles. The molecule has 0 fully saturated rings. The normalized spacial score (nSPS) is 11.8. The number of benzene rings is 9. The molecule has 0 unspecified atom stereocenters. The van der Waals surface area contributed by atoms with Crippen molar-refractivity contribution in [2.75, 3.05) is 0 Å². The fraction of sp³-hybridized carbons (Fsp3) is 0. The lowest BCUT2D eigenvalue weighted by Crippen LogP contribution is -2.00. The summed E-state index contributed by atoms with van der Waals surface area (Å²) in [5.74, 6) is 1.81. The van der Waals surface area contributed by atoms with E-state index >= 15 is 0 Å². The maximum absolute atomic E-state index is 6.59. The Morgan fingerprint density at radius 2 is 0.921 bits per heavy atom. The Kier molecular flexibility index (Phi) is 8.01. The van der Waals surface area contributed by atoms with Gasteiger partial charge in [-0.25, -0.2) is 15.0 Å². The van der Waals surface area contributed by atoms with E-state index in [2.05, 4.69) is 205 Å². The van der Waals surface area contributed by atoms with Gasteiger partial charge in [-0.15, -0.1) is 11.3 Å². The van der Waals surface area contributed by atoms with Crippen molar-refractivity contribution in [2.24, 2.45) is 0 Å². The molecule has 0 bridgehead atoms. The number of hydrogen-bond acceptors (Lipinski definition) is 5.